The van der Waals surface area contributed by atoms with Gasteiger partial charge in [-0.3, -0.25) is 4.79 Å². The average Bonchev–Trinajstić information content (AvgIpc) is 2.66. The molecule has 0 atom stereocenters. The highest BCUT2D eigenvalue weighted by molar-refractivity contribution is 6.31. The van der Waals surface area contributed by atoms with Gasteiger partial charge in [0.25, 0.3) is 5.91 Å². The van der Waals surface area contributed by atoms with Gasteiger partial charge in [-0.05, 0) is 38.1 Å². The Balaban J connectivity index is 1.96. The van der Waals surface area contributed by atoms with Crippen LogP contribution in [0.5, 0.6) is 0 Å². The van der Waals surface area contributed by atoms with Gasteiger partial charge in [-0.1, -0.05) is 11.6 Å². The van der Waals surface area contributed by atoms with E-state index in [1.807, 2.05) is 24.0 Å². The number of benzene rings is 1. The van der Waals surface area contributed by atoms with E-state index in [4.69, 9.17) is 16.0 Å². The lowest BCUT2D eigenvalue weighted by Gasteiger charge is -2.18. The molecule has 1 fully saturated rings. The Labute approximate surface area is 122 Å². The van der Waals surface area contributed by atoms with E-state index in [0.717, 1.165) is 43.5 Å². The second-order valence-corrected chi connectivity index (χ2v) is 5.53. The van der Waals surface area contributed by atoms with E-state index in [0.29, 0.717) is 16.4 Å². The lowest BCUT2D eigenvalue weighted by atomic mass is 10.1. The van der Waals surface area contributed by atoms with Crippen LogP contribution in [0.15, 0.2) is 22.6 Å². The SMILES string of the molecule is Cc1c(C(=O)N2CCCNCC2)oc2ccc(Cl)cc12. The van der Waals surface area contributed by atoms with Crippen molar-refractivity contribution in [2.45, 2.75) is 13.3 Å². The van der Waals surface area contributed by atoms with Crippen LogP contribution in [-0.4, -0.2) is 37.0 Å². The molecular weight excluding hydrogens is 276 g/mol. The third-order valence-electron chi connectivity index (χ3n) is 3.72. The molecule has 1 amide bonds. The van der Waals surface area contributed by atoms with Crippen LogP contribution in [0, 0.1) is 6.92 Å². The van der Waals surface area contributed by atoms with Gasteiger partial charge < -0.3 is 14.6 Å². The normalized spacial score (nSPS) is 16.4. The molecule has 0 spiro atoms. The topological polar surface area (TPSA) is 45.5 Å². The molecule has 1 aromatic heterocycles. The van der Waals surface area contributed by atoms with Crippen LogP contribution in [0.25, 0.3) is 11.0 Å². The zero-order valence-corrected chi connectivity index (χ0v) is 12.2. The first-order valence-corrected chi connectivity index (χ1v) is 7.23. The summed E-state index contributed by atoms with van der Waals surface area (Å²) in [5.41, 5.74) is 1.58. The molecule has 2 aromatic rings. The molecule has 0 radical (unpaired) electrons. The van der Waals surface area contributed by atoms with E-state index in [2.05, 4.69) is 5.32 Å². The van der Waals surface area contributed by atoms with Crippen molar-refractivity contribution in [2.24, 2.45) is 0 Å². The Hall–Kier alpha value is -1.52. The first kappa shape index (κ1) is 13.5. The zero-order valence-electron chi connectivity index (χ0n) is 11.4. The molecule has 0 saturated carbocycles. The maximum Gasteiger partial charge on any atom is 0.289 e. The van der Waals surface area contributed by atoms with Crippen molar-refractivity contribution < 1.29 is 9.21 Å². The van der Waals surface area contributed by atoms with Gasteiger partial charge in [0.05, 0.1) is 0 Å². The van der Waals surface area contributed by atoms with Crippen LogP contribution in [0.4, 0.5) is 0 Å². The van der Waals surface area contributed by atoms with Gasteiger partial charge in [-0.25, -0.2) is 0 Å². The number of fused-ring (bicyclic) bond motifs is 1. The number of carbonyl (C=O) groups excluding carboxylic acids is 1. The summed E-state index contributed by atoms with van der Waals surface area (Å²) >= 11 is 6.00. The van der Waals surface area contributed by atoms with Gasteiger partial charge in [0.1, 0.15) is 5.58 Å². The van der Waals surface area contributed by atoms with Crippen LogP contribution in [0.1, 0.15) is 22.5 Å². The average molecular weight is 293 g/mol. The summed E-state index contributed by atoms with van der Waals surface area (Å²) in [6, 6.07) is 5.43. The molecule has 1 saturated heterocycles. The summed E-state index contributed by atoms with van der Waals surface area (Å²) in [5.74, 6) is 0.405. The molecule has 4 nitrogen and oxygen atoms in total. The summed E-state index contributed by atoms with van der Waals surface area (Å²) in [5, 5.41) is 4.85. The lowest BCUT2D eigenvalue weighted by Crippen LogP contribution is -2.34. The molecular formula is C15H17ClN2O2. The molecule has 0 unspecified atom stereocenters. The van der Waals surface area contributed by atoms with E-state index >= 15 is 0 Å². The third kappa shape index (κ3) is 2.41. The van der Waals surface area contributed by atoms with Crippen LogP contribution in [0.3, 0.4) is 0 Å². The predicted octanol–water partition coefficient (Wildman–Crippen LogP) is 2.83. The maximum absolute atomic E-state index is 12.6. The number of rotatable bonds is 1. The van der Waals surface area contributed by atoms with Crippen molar-refractivity contribution in [3.63, 3.8) is 0 Å². The minimum Gasteiger partial charge on any atom is -0.451 e. The zero-order chi connectivity index (χ0) is 14.1. The van der Waals surface area contributed by atoms with E-state index < -0.39 is 0 Å². The van der Waals surface area contributed by atoms with E-state index in [-0.39, 0.29) is 5.91 Å². The molecule has 2 heterocycles. The minimum atomic E-state index is -0.0291. The molecule has 1 aromatic carbocycles. The molecule has 3 rings (SSSR count). The first-order valence-electron chi connectivity index (χ1n) is 6.85. The number of furan rings is 1. The number of hydrogen-bond donors (Lipinski definition) is 1. The van der Waals surface area contributed by atoms with Crippen molar-refractivity contribution in [1.82, 2.24) is 10.2 Å². The van der Waals surface area contributed by atoms with Crippen LogP contribution in [0.2, 0.25) is 5.02 Å². The first-order chi connectivity index (χ1) is 9.66. The van der Waals surface area contributed by atoms with Crippen LogP contribution in [-0.2, 0) is 0 Å². The summed E-state index contributed by atoms with van der Waals surface area (Å²) in [7, 11) is 0. The fraction of sp³-hybridized carbons (Fsp3) is 0.400. The molecule has 1 aliphatic heterocycles. The second-order valence-electron chi connectivity index (χ2n) is 5.09. The predicted molar refractivity (Wildman–Crippen MR) is 79.4 cm³/mol. The highest BCUT2D eigenvalue weighted by Crippen LogP contribution is 2.28. The number of hydrogen-bond acceptors (Lipinski definition) is 3. The number of nitrogens with one attached hydrogen (secondary N) is 1. The van der Waals surface area contributed by atoms with E-state index in [9.17, 15) is 4.79 Å². The summed E-state index contributed by atoms with van der Waals surface area (Å²) in [6.45, 7) is 5.18. The molecule has 5 heteroatoms. The van der Waals surface area contributed by atoms with Gasteiger partial charge >= 0.3 is 0 Å². The number of halogens is 1. The summed E-state index contributed by atoms with van der Waals surface area (Å²) < 4.78 is 5.74. The van der Waals surface area contributed by atoms with Gasteiger partial charge in [0.2, 0.25) is 0 Å². The largest absolute Gasteiger partial charge is 0.451 e. The Bertz CT molecular complexity index is 643. The van der Waals surface area contributed by atoms with Crippen molar-refractivity contribution in [3.8, 4) is 0 Å². The quantitative estimate of drug-likeness (QED) is 0.879. The monoisotopic (exact) mass is 292 g/mol. The second kappa shape index (κ2) is 5.46. The Morgan fingerprint density at radius 3 is 3.05 bits per heavy atom. The standard InChI is InChI=1S/C15H17ClN2O2/c1-10-12-9-11(16)3-4-13(12)20-14(10)15(19)18-7-2-5-17-6-8-18/h3-4,9,17H,2,5-8H2,1H3. The van der Waals surface area contributed by atoms with Gasteiger partial charge in [-0.15, -0.1) is 0 Å². The molecule has 0 aliphatic carbocycles. The van der Waals surface area contributed by atoms with Gasteiger partial charge in [-0.2, -0.15) is 0 Å². The van der Waals surface area contributed by atoms with Crippen molar-refractivity contribution >= 4 is 28.5 Å². The fourth-order valence-corrected chi connectivity index (χ4v) is 2.76. The van der Waals surface area contributed by atoms with Crippen molar-refractivity contribution in [1.29, 1.82) is 0 Å². The molecule has 0 bridgehead atoms. The molecule has 20 heavy (non-hydrogen) atoms. The highest BCUT2D eigenvalue weighted by Gasteiger charge is 2.23. The van der Waals surface area contributed by atoms with Crippen LogP contribution >= 0.6 is 11.6 Å². The van der Waals surface area contributed by atoms with E-state index in [1.54, 1.807) is 6.07 Å². The number of nitrogens with zero attached hydrogens (tertiary/aromatic N) is 1. The lowest BCUT2D eigenvalue weighted by molar-refractivity contribution is 0.0736. The smallest absolute Gasteiger partial charge is 0.289 e. The highest BCUT2D eigenvalue weighted by atomic mass is 35.5. The Morgan fingerprint density at radius 2 is 2.20 bits per heavy atom. The third-order valence-corrected chi connectivity index (χ3v) is 3.95. The Morgan fingerprint density at radius 1 is 1.35 bits per heavy atom. The molecule has 1 N–H and O–H groups in total. The fourth-order valence-electron chi connectivity index (χ4n) is 2.59. The maximum atomic E-state index is 12.6. The van der Waals surface area contributed by atoms with Crippen molar-refractivity contribution in [2.75, 3.05) is 26.2 Å². The number of amides is 1. The summed E-state index contributed by atoms with van der Waals surface area (Å²) in [6.07, 6.45) is 0.969. The minimum absolute atomic E-state index is 0.0291. The number of carbonyl (C=O) groups is 1. The van der Waals surface area contributed by atoms with Crippen LogP contribution < -0.4 is 5.32 Å². The number of aryl methyl sites for hydroxylation is 1. The van der Waals surface area contributed by atoms with Gasteiger partial charge in [0.15, 0.2) is 5.76 Å². The summed E-state index contributed by atoms with van der Waals surface area (Å²) in [4.78, 5) is 14.5. The van der Waals surface area contributed by atoms with E-state index in [1.165, 1.54) is 0 Å². The van der Waals surface area contributed by atoms with Crippen molar-refractivity contribution in [3.05, 3.63) is 34.5 Å². The molecule has 1 aliphatic rings. The molecule has 106 valence electrons. The Kier molecular flexibility index (Phi) is 3.68. The van der Waals surface area contributed by atoms with Gasteiger partial charge in [0, 0.05) is 35.6 Å².